The number of amides is 1. The first-order valence-electron chi connectivity index (χ1n) is 10.1. The van der Waals surface area contributed by atoms with Crippen LogP contribution in [0.5, 0.6) is 0 Å². The second kappa shape index (κ2) is 7.59. The van der Waals surface area contributed by atoms with Crippen molar-refractivity contribution < 1.29 is 13.6 Å². The number of nitrogens with zero attached hydrogens (tertiary/aromatic N) is 8. The summed E-state index contributed by atoms with van der Waals surface area (Å²) in [7, 11) is 2.00. The van der Waals surface area contributed by atoms with Crippen LogP contribution >= 0.6 is 9.24 Å². The molecule has 5 aromatic heterocycles. The van der Waals surface area contributed by atoms with E-state index < -0.39 is 18.0 Å². The summed E-state index contributed by atoms with van der Waals surface area (Å²) < 4.78 is 21.9. The third-order valence-electron chi connectivity index (χ3n) is 5.56. The first-order chi connectivity index (χ1) is 16.1. The number of fused-ring (bicyclic) bond motifs is 2. The summed E-state index contributed by atoms with van der Waals surface area (Å²) in [6.45, 7) is 0.415. The largest absolute Gasteiger partial charge is 0.412 e. The van der Waals surface area contributed by atoms with Crippen LogP contribution in [-0.2, 0) is 6.42 Å². The number of alkyl halides is 1. The van der Waals surface area contributed by atoms with Crippen molar-refractivity contribution in [3.63, 3.8) is 0 Å². The molecule has 166 valence electrons. The van der Waals surface area contributed by atoms with E-state index in [1.165, 1.54) is 12.4 Å². The Morgan fingerprint density at radius 2 is 2.24 bits per heavy atom. The minimum Gasteiger partial charge on any atom is -0.412 e. The highest BCUT2D eigenvalue weighted by atomic mass is 31.0. The molecule has 1 N–H and O–H groups in total. The van der Waals surface area contributed by atoms with Gasteiger partial charge in [0.25, 0.3) is 5.89 Å². The molecule has 1 aliphatic rings. The summed E-state index contributed by atoms with van der Waals surface area (Å²) in [5, 5.41) is 16.5. The zero-order valence-corrected chi connectivity index (χ0v) is 18.2. The van der Waals surface area contributed by atoms with E-state index in [4.69, 9.17) is 4.42 Å². The molecular formula is C20H17FN9O2P. The van der Waals surface area contributed by atoms with E-state index >= 15 is 0 Å². The van der Waals surface area contributed by atoms with E-state index in [0.717, 1.165) is 21.6 Å². The summed E-state index contributed by atoms with van der Waals surface area (Å²) in [6.07, 6.45) is 6.89. The summed E-state index contributed by atoms with van der Waals surface area (Å²) in [5.74, 6) is -0.531. The Labute approximate surface area is 187 Å². The van der Waals surface area contributed by atoms with Gasteiger partial charge in [-0.2, -0.15) is 10.2 Å². The molecule has 0 radical (unpaired) electrons. The van der Waals surface area contributed by atoms with Crippen molar-refractivity contribution in [3.8, 4) is 11.5 Å². The van der Waals surface area contributed by atoms with Crippen molar-refractivity contribution in [3.05, 3.63) is 72.2 Å². The standard InChI is InChI=1S/C20H17FN9O2P/c21-20(33)30-9-11(8-24-30)17-25-26-18(32-17)19(31)28-6-4-13-15(23-10-22-13)16(28)14-7-12-3-1-2-5-29(12)27-14/h1-3,5,7-10,16,20H,4,6,33H2,(H,22,23)/t16-,20?/m1/s1. The Balaban J connectivity index is 1.36. The molecule has 1 aliphatic heterocycles. The predicted octanol–water partition coefficient (Wildman–Crippen LogP) is 2.39. The monoisotopic (exact) mass is 465 g/mol. The van der Waals surface area contributed by atoms with E-state index in [-0.39, 0.29) is 11.8 Å². The van der Waals surface area contributed by atoms with Crippen molar-refractivity contribution in [2.75, 3.05) is 6.54 Å². The molecule has 1 amide bonds. The molecule has 0 saturated heterocycles. The fourth-order valence-corrected chi connectivity index (χ4v) is 4.18. The number of pyridine rings is 1. The van der Waals surface area contributed by atoms with Crippen molar-refractivity contribution in [1.29, 1.82) is 0 Å². The minimum atomic E-state index is -1.38. The molecule has 6 heterocycles. The first-order valence-corrected chi connectivity index (χ1v) is 10.8. The number of aromatic amines is 1. The lowest BCUT2D eigenvalue weighted by Crippen LogP contribution is -2.41. The zero-order chi connectivity index (χ0) is 22.5. The molecule has 2 unspecified atom stereocenters. The molecule has 0 spiro atoms. The van der Waals surface area contributed by atoms with E-state index in [1.807, 2.05) is 39.7 Å². The van der Waals surface area contributed by atoms with Crippen LogP contribution < -0.4 is 0 Å². The van der Waals surface area contributed by atoms with Crippen LogP contribution in [0.2, 0.25) is 0 Å². The number of aromatic nitrogens is 8. The number of imidazole rings is 1. The van der Waals surface area contributed by atoms with Gasteiger partial charge in [0, 0.05) is 31.1 Å². The fourth-order valence-electron chi connectivity index (χ4n) is 4.02. The predicted molar refractivity (Wildman–Crippen MR) is 116 cm³/mol. The van der Waals surface area contributed by atoms with Crippen LogP contribution in [0.4, 0.5) is 4.39 Å². The topological polar surface area (TPSA) is 123 Å². The Hall–Kier alpha value is -3.92. The van der Waals surface area contributed by atoms with Gasteiger partial charge in [-0.25, -0.2) is 18.6 Å². The second-order valence-corrected chi connectivity index (χ2v) is 8.10. The van der Waals surface area contributed by atoms with Gasteiger partial charge in [0.1, 0.15) is 6.04 Å². The Morgan fingerprint density at radius 1 is 1.33 bits per heavy atom. The maximum atomic E-state index is 13.5. The molecule has 0 fully saturated rings. The molecule has 33 heavy (non-hydrogen) atoms. The number of nitrogens with one attached hydrogen (secondary N) is 1. The summed E-state index contributed by atoms with van der Waals surface area (Å²) in [5.41, 5.74) is 3.68. The average Bonchev–Trinajstić information content (AvgIpc) is 3.61. The number of hydrogen-bond donors (Lipinski definition) is 1. The molecule has 0 saturated carbocycles. The van der Waals surface area contributed by atoms with Crippen LogP contribution in [-0.4, -0.2) is 56.9 Å². The summed E-state index contributed by atoms with van der Waals surface area (Å²) >= 11 is 0. The Morgan fingerprint density at radius 3 is 3.06 bits per heavy atom. The van der Waals surface area contributed by atoms with Crippen LogP contribution in [0, 0.1) is 0 Å². The molecule has 11 nitrogen and oxygen atoms in total. The number of carbonyl (C=O) groups excluding carboxylic acids is 1. The summed E-state index contributed by atoms with van der Waals surface area (Å²) in [6, 6.07) is 5.78. The van der Waals surface area contributed by atoms with Crippen molar-refractivity contribution in [2.45, 2.75) is 18.5 Å². The molecule has 3 atom stereocenters. The van der Waals surface area contributed by atoms with Crippen LogP contribution in [0.15, 0.2) is 53.6 Å². The van der Waals surface area contributed by atoms with Crippen LogP contribution in [0.25, 0.3) is 17.0 Å². The molecule has 6 rings (SSSR count). The van der Waals surface area contributed by atoms with E-state index in [1.54, 1.807) is 15.7 Å². The third-order valence-corrected chi connectivity index (χ3v) is 5.87. The van der Waals surface area contributed by atoms with Gasteiger partial charge in [-0.1, -0.05) is 15.3 Å². The molecule has 0 bridgehead atoms. The van der Waals surface area contributed by atoms with Gasteiger partial charge in [0.05, 0.1) is 35.0 Å². The number of carbonyl (C=O) groups is 1. The van der Waals surface area contributed by atoms with Gasteiger partial charge < -0.3 is 14.3 Å². The van der Waals surface area contributed by atoms with Gasteiger partial charge in [-0.05, 0) is 18.2 Å². The van der Waals surface area contributed by atoms with E-state index in [9.17, 15) is 9.18 Å². The number of hydrogen-bond acceptors (Lipinski definition) is 7. The van der Waals surface area contributed by atoms with Gasteiger partial charge in [0.2, 0.25) is 6.04 Å². The number of rotatable bonds is 4. The lowest BCUT2D eigenvalue weighted by molar-refractivity contribution is 0.0646. The lowest BCUT2D eigenvalue weighted by Gasteiger charge is -2.32. The lowest BCUT2D eigenvalue weighted by atomic mass is 9.99. The van der Waals surface area contributed by atoms with Gasteiger partial charge in [-0.3, -0.25) is 4.79 Å². The number of halogens is 1. The van der Waals surface area contributed by atoms with Crippen molar-refractivity contribution >= 4 is 20.7 Å². The Bertz CT molecular complexity index is 1440. The second-order valence-electron chi connectivity index (χ2n) is 7.55. The average molecular weight is 465 g/mol. The molecular weight excluding hydrogens is 448 g/mol. The number of H-pyrrole nitrogens is 1. The zero-order valence-electron chi connectivity index (χ0n) is 17.0. The van der Waals surface area contributed by atoms with E-state index in [2.05, 4.69) is 30.4 Å². The third kappa shape index (κ3) is 3.30. The summed E-state index contributed by atoms with van der Waals surface area (Å²) in [4.78, 5) is 22.7. The maximum Gasteiger partial charge on any atom is 0.312 e. The van der Waals surface area contributed by atoms with Gasteiger partial charge >= 0.3 is 11.8 Å². The molecule has 5 aromatic rings. The van der Waals surface area contributed by atoms with Gasteiger partial charge in [0.15, 0.2) is 0 Å². The smallest absolute Gasteiger partial charge is 0.312 e. The minimum absolute atomic E-state index is 0.0806. The van der Waals surface area contributed by atoms with Crippen molar-refractivity contribution in [2.24, 2.45) is 0 Å². The molecule has 0 aliphatic carbocycles. The van der Waals surface area contributed by atoms with E-state index in [0.29, 0.717) is 24.2 Å². The quantitative estimate of drug-likeness (QED) is 0.404. The van der Waals surface area contributed by atoms with Gasteiger partial charge in [-0.15, -0.1) is 10.2 Å². The highest BCUT2D eigenvalue weighted by molar-refractivity contribution is 7.16. The SMILES string of the molecule is O=C(c1nnc(-c2cnn(C(F)P)c2)o1)N1CCc2[nH]cnc2[C@H]1c1cc2ccccn2n1. The van der Waals surface area contributed by atoms with Crippen LogP contribution in [0.1, 0.15) is 39.8 Å². The Kier molecular flexibility index (Phi) is 4.54. The molecule has 13 heteroatoms. The highest BCUT2D eigenvalue weighted by Crippen LogP contribution is 2.34. The molecule has 0 aromatic carbocycles. The van der Waals surface area contributed by atoms with Crippen molar-refractivity contribution in [1.82, 2.24) is 44.5 Å². The normalized spacial score (nSPS) is 16.8. The highest BCUT2D eigenvalue weighted by Gasteiger charge is 2.38. The van der Waals surface area contributed by atoms with Crippen LogP contribution in [0.3, 0.4) is 0 Å². The fraction of sp³-hybridized carbons (Fsp3) is 0.200. The maximum absolute atomic E-state index is 13.5. The first kappa shape index (κ1) is 19.7.